The van der Waals surface area contributed by atoms with Crippen molar-refractivity contribution in [3.8, 4) is 11.8 Å². The van der Waals surface area contributed by atoms with E-state index in [0.29, 0.717) is 24.3 Å². The third-order valence-electron chi connectivity index (χ3n) is 3.72. The van der Waals surface area contributed by atoms with Gasteiger partial charge in [0, 0.05) is 18.5 Å². The van der Waals surface area contributed by atoms with Crippen LogP contribution in [-0.2, 0) is 4.79 Å². The molecule has 1 aromatic rings. The lowest BCUT2D eigenvalue weighted by Crippen LogP contribution is -2.52. The van der Waals surface area contributed by atoms with E-state index in [1.165, 1.54) is 6.92 Å². The molecule has 0 saturated heterocycles. The molecular weight excluding hydrogens is 268 g/mol. The lowest BCUT2D eigenvalue weighted by molar-refractivity contribution is -0.117. The SMILES string of the molecule is CC(=O)CCN[C@H]1c2cc(C#N)ccc2OC(C)(C)[C@@H]1O. The number of nitrogens with one attached hydrogen (secondary N) is 1. The van der Waals surface area contributed by atoms with Gasteiger partial charge in [-0.3, -0.25) is 4.79 Å². The molecule has 0 saturated carbocycles. The maximum atomic E-state index is 11.1. The van der Waals surface area contributed by atoms with Gasteiger partial charge in [-0.1, -0.05) is 0 Å². The van der Waals surface area contributed by atoms with Crippen LogP contribution in [0.4, 0.5) is 0 Å². The van der Waals surface area contributed by atoms with Gasteiger partial charge in [-0.05, 0) is 39.0 Å². The second-order valence-electron chi connectivity index (χ2n) is 5.90. The van der Waals surface area contributed by atoms with E-state index < -0.39 is 11.7 Å². The quantitative estimate of drug-likeness (QED) is 0.881. The maximum absolute atomic E-state index is 11.1. The van der Waals surface area contributed by atoms with Crippen molar-refractivity contribution in [1.82, 2.24) is 5.32 Å². The Morgan fingerprint density at radius 3 is 2.86 bits per heavy atom. The fourth-order valence-electron chi connectivity index (χ4n) is 2.49. The van der Waals surface area contributed by atoms with Crippen LogP contribution in [0.1, 0.15) is 44.4 Å². The van der Waals surface area contributed by atoms with Crippen molar-refractivity contribution >= 4 is 5.78 Å². The zero-order valence-electron chi connectivity index (χ0n) is 12.5. The van der Waals surface area contributed by atoms with E-state index in [2.05, 4.69) is 11.4 Å². The van der Waals surface area contributed by atoms with E-state index in [9.17, 15) is 9.90 Å². The van der Waals surface area contributed by atoms with Crippen LogP contribution < -0.4 is 10.1 Å². The number of ketones is 1. The molecule has 2 rings (SSSR count). The number of benzene rings is 1. The van der Waals surface area contributed by atoms with Crippen LogP contribution in [-0.4, -0.2) is 29.1 Å². The molecule has 2 N–H and O–H groups in total. The third-order valence-corrected chi connectivity index (χ3v) is 3.72. The second-order valence-corrected chi connectivity index (χ2v) is 5.90. The highest BCUT2D eigenvalue weighted by Crippen LogP contribution is 2.40. The molecule has 0 unspecified atom stereocenters. The molecule has 2 atom stereocenters. The number of Topliss-reactive ketones (excluding diaryl/α,β-unsaturated/α-hetero) is 1. The van der Waals surface area contributed by atoms with Crippen molar-refractivity contribution in [3.63, 3.8) is 0 Å². The summed E-state index contributed by atoms with van der Waals surface area (Å²) in [7, 11) is 0. The Morgan fingerprint density at radius 2 is 2.24 bits per heavy atom. The molecule has 0 fully saturated rings. The standard InChI is InChI=1S/C16H20N2O3/c1-10(19)6-7-18-14-12-8-11(9-17)4-5-13(12)21-16(2,3)15(14)20/h4-5,8,14-15,18,20H,6-7H2,1-3H3/t14-,15+/m0/s1. The first-order valence-electron chi connectivity index (χ1n) is 6.99. The van der Waals surface area contributed by atoms with Crippen molar-refractivity contribution < 1.29 is 14.6 Å². The van der Waals surface area contributed by atoms with Crippen LogP contribution in [0.2, 0.25) is 0 Å². The first kappa shape index (κ1) is 15.5. The van der Waals surface area contributed by atoms with Gasteiger partial charge in [-0.2, -0.15) is 5.26 Å². The summed E-state index contributed by atoms with van der Waals surface area (Å²) < 4.78 is 5.82. The van der Waals surface area contributed by atoms with E-state index in [4.69, 9.17) is 10.00 Å². The molecule has 112 valence electrons. The highest BCUT2D eigenvalue weighted by Gasteiger charge is 2.42. The fraction of sp³-hybridized carbons (Fsp3) is 0.500. The minimum Gasteiger partial charge on any atom is -0.485 e. The number of nitriles is 1. The van der Waals surface area contributed by atoms with Crippen LogP contribution in [0.5, 0.6) is 5.75 Å². The predicted octanol–water partition coefficient (Wildman–Crippen LogP) is 1.70. The Hall–Kier alpha value is -1.90. The van der Waals surface area contributed by atoms with E-state index in [1.54, 1.807) is 18.2 Å². The number of carbonyl (C=O) groups is 1. The molecule has 1 aromatic carbocycles. The van der Waals surface area contributed by atoms with Gasteiger partial charge in [0.05, 0.1) is 17.7 Å². The van der Waals surface area contributed by atoms with Gasteiger partial charge in [0.2, 0.25) is 0 Å². The Morgan fingerprint density at radius 1 is 1.52 bits per heavy atom. The topological polar surface area (TPSA) is 82.4 Å². The van der Waals surface area contributed by atoms with Gasteiger partial charge >= 0.3 is 0 Å². The summed E-state index contributed by atoms with van der Waals surface area (Å²) in [5.41, 5.74) is 0.529. The number of nitrogens with zero attached hydrogens (tertiary/aromatic N) is 1. The van der Waals surface area contributed by atoms with Crippen LogP contribution in [0.3, 0.4) is 0 Å². The van der Waals surface area contributed by atoms with Crippen LogP contribution >= 0.6 is 0 Å². The van der Waals surface area contributed by atoms with E-state index in [1.807, 2.05) is 13.8 Å². The molecule has 0 bridgehead atoms. The Bertz CT molecular complexity index is 590. The minimum atomic E-state index is -0.772. The predicted molar refractivity (Wildman–Crippen MR) is 77.9 cm³/mol. The summed E-state index contributed by atoms with van der Waals surface area (Å²) in [5, 5.41) is 22.7. The van der Waals surface area contributed by atoms with Crippen molar-refractivity contribution in [2.24, 2.45) is 0 Å². The minimum absolute atomic E-state index is 0.0920. The number of aliphatic hydroxyl groups excluding tert-OH is 1. The average Bonchev–Trinajstić information content (AvgIpc) is 2.42. The first-order valence-corrected chi connectivity index (χ1v) is 6.99. The highest BCUT2D eigenvalue weighted by atomic mass is 16.5. The molecule has 0 aromatic heterocycles. The van der Waals surface area contributed by atoms with Crippen molar-refractivity contribution in [2.75, 3.05) is 6.54 Å². The number of hydrogen-bond acceptors (Lipinski definition) is 5. The number of carbonyl (C=O) groups excluding carboxylic acids is 1. The van der Waals surface area contributed by atoms with Crippen LogP contribution in [0, 0.1) is 11.3 Å². The molecule has 0 radical (unpaired) electrons. The number of rotatable bonds is 4. The normalized spacial score (nSPS) is 22.8. The van der Waals surface area contributed by atoms with Gasteiger partial charge in [-0.25, -0.2) is 0 Å². The maximum Gasteiger partial charge on any atom is 0.131 e. The molecule has 0 amide bonds. The lowest BCUT2D eigenvalue weighted by Gasteiger charge is -2.42. The van der Waals surface area contributed by atoms with E-state index in [0.717, 1.165) is 5.56 Å². The Labute approximate surface area is 124 Å². The summed E-state index contributed by atoms with van der Waals surface area (Å²) >= 11 is 0. The number of aliphatic hydroxyl groups is 1. The molecule has 1 heterocycles. The average molecular weight is 288 g/mol. The molecule has 0 spiro atoms. The zero-order valence-corrected chi connectivity index (χ0v) is 12.5. The summed E-state index contributed by atoms with van der Waals surface area (Å²) in [6.45, 7) is 5.65. The lowest BCUT2D eigenvalue weighted by atomic mass is 9.86. The molecule has 21 heavy (non-hydrogen) atoms. The summed E-state index contributed by atoms with van der Waals surface area (Å²) in [6.07, 6.45) is -0.372. The molecule has 5 nitrogen and oxygen atoms in total. The van der Waals surface area contributed by atoms with Crippen molar-refractivity contribution in [2.45, 2.75) is 44.9 Å². The summed E-state index contributed by atoms with van der Waals surface area (Å²) in [5.74, 6) is 0.749. The van der Waals surface area contributed by atoms with Gasteiger partial charge in [0.25, 0.3) is 0 Å². The van der Waals surface area contributed by atoms with Crippen molar-refractivity contribution in [3.05, 3.63) is 29.3 Å². The largest absolute Gasteiger partial charge is 0.485 e. The monoisotopic (exact) mass is 288 g/mol. The number of hydrogen-bond donors (Lipinski definition) is 2. The second kappa shape index (κ2) is 5.84. The molecule has 1 aliphatic heterocycles. The third kappa shape index (κ3) is 3.23. The summed E-state index contributed by atoms with van der Waals surface area (Å²) in [4.78, 5) is 11.1. The number of ether oxygens (including phenoxy) is 1. The van der Waals surface area contributed by atoms with Crippen LogP contribution in [0.25, 0.3) is 0 Å². The van der Waals surface area contributed by atoms with Gasteiger partial charge in [-0.15, -0.1) is 0 Å². The first-order chi connectivity index (χ1) is 9.85. The Balaban J connectivity index is 2.32. The van der Waals surface area contributed by atoms with Crippen LogP contribution in [0.15, 0.2) is 18.2 Å². The smallest absolute Gasteiger partial charge is 0.131 e. The van der Waals surface area contributed by atoms with E-state index >= 15 is 0 Å². The van der Waals surface area contributed by atoms with E-state index in [-0.39, 0.29) is 11.8 Å². The highest BCUT2D eigenvalue weighted by molar-refractivity contribution is 5.75. The number of fused-ring (bicyclic) bond motifs is 1. The summed E-state index contributed by atoms with van der Waals surface area (Å²) in [6, 6.07) is 6.89. The van der Waals surface area contributed by atoms with Gasteiger partial charge in [0.15, 0.2) is 0 Å². The Kier molecular flexibility index (Phi) is 4.31. The molecule has 0 aliphatic carbocycles. The fourth-order valence-corrected chi connectivity index (χ4v) is 2.49. The molecular formula is C16H20N2O3. The van der Waals surface area contributed by atoms with Gasteiger partial charge in [0.1, 0.15) is 23.2 Å². The van der Waals surface area contributed by atoms with Crippen molar-refractivity contribution in [1.29, 1.82) is 5.26 Å². The van der Waals surface area contributed by atoms with Gasteiger partial charge < -0.3 is 15.2 Å². The molecule has 1 aliphatic rings. The molecule has 5 heteroatoms. The zero-order chi connectivity index (χ0) is 15.6.